The van der Waals surface area contributed by atoms with Gasteiger partial charge in [0.05, 0.1) is 23.1 Å². The van der Waals surface area contributed by atoms with Crippen molar-refractivity contribution in [2.75, 3.05) is 13.1 Å². The first-order chi connectivity index (χ1) is 10.6. The zero-order valence-electron chi connectivity index (χ0n) is 12.7. The number of amides is 1. The number of piperidine rings is 1. The zero-order chi connectivity index (χ0) is 15.5. The van der Waals surface area contributed by atoms with Crippen molar-refractivity contribution in [1.82, 2.24) is 9.88 Å². The van der Waals surface area contributed by atoms with Crippen molar-refractivity contribution < 1.29 is 9.90 Å². The second-order valence-corrected chi connectivity index (χ2v) is 5.72. The molecule has 0 radical (unpaired) electrons. The normalized spacial score (nSPS) is 15.8. The van der Waals surface area contributed by atoms with Gasteiger partial charge in [0.1, 0.15) is 0 Å². The molecule has 0 bridgehead atoms. The van der Waals surface area contributed by atoms with Crippen LogP contribution in [-0.2, 0) is 0 Å². The van der Waals surface area contributed by atoms with Crippen LogP contribution in [0.2, 0.25) is 0 Å². The van der Waals surface area contributed by atoms with Crippen molar-refractivity contribution >= 4 is 5.91 Å². The quantitative estimate of drug-likeness (QED) is 0.927. The average molecular weight is 296 g/mol. The number of aliphatic hydroxyl groups excluding tert-OH is 1. The van der Waals surface area contributed by atoms with Gasteiger partial charge in [-0.05, 0) is 31.9 Å². The molecule has 2 heterocycles. The van der Waals surface area contributed by atoms with E-state index >= 15 is 0 Å². The number of carbonyl (C=O) groups excluding carboxylic acids is 1. The van der Waals surface area contributed by atoms with E-state index in [1.807, 2.05) is 49.4 Å². The van der Waals surface area contributed by atoms with Crippen LogP contribution in [0, 0.1) is 6.92 Å². The summed E-state index contributed by atoms with van der Waals surface area (Å²) in [6, 6.07) is 13.7. The summed E-state index contributed by atoms with van der Waals surface area (Å²) in [5.41, 5.74) is 3.32. The highest BCUT2D eigenvalue weighted by Crippen LogP contribution is 2.20. The molecule has 114 valence electrons. The van der Waals surface area contributed by atoms with Gasteiger partial charge in [-0.25, -0.2) is 0 Å². The minimum Gasteiger partial charge on any atom is -0.393 e. The largest absolute Gasteiger partial charge is 0.393 e. The van der Waals surface area contributed by atoms with E-state index in [-0.39, 0.29) is 12.0 Å². The molecule has 0 saturated carbocycles. The Balaban J connectivity index is 1.82. The lowest BCUT2D eigenvalue weighted by atomic mass is 10.0. The van der Waals surface area contributed by atoms with Crippen molar-refractivity contribution in [3.8, 4) is 11.3 Å². The predicted molar refractivity (Wildman–Crippen MR) is 85.6 cm³/mol. The minimum absolute atomic E-state index is 0.0107. The summed E-state index contributed by atoms with van der Waals surface area (Å²) >= 11 is 0. The Labute approximate surface area is 130 Å². The molecule has 1 fully saturated rings. The van der Waals surface area contributed by atoms with Crippen molar-refractivity contribution in [3.63, 3.8) is 0 Å². The monoisotopic (exact) mass is 296 g/mol. The molecule has 0 unspecified atom stereocenters. The maximum absolute atomic E-state index is 12.6. The molecule has 0 atom stereocenters. The first-order valence-corrected chi connectivity index (χ1v) is 7.65. The van der Waals surface area contributed by atoms with Crippen LogP contribution in [0.5, 0.6) is 0 Å². The number of aryl methyl sites for hydroxylation is 1. The van der Waals surface area contributed by atoms with E-state index in [0.29, 0.717) is 31.5 Å². The number of likely N-dealkylation sites (tertiary alicyclic amines) is 1. The summed E-state index contributed by atoms with van der Waals surface area (Å²) in [5, 5.41) is 9.55. The molecule has 0 aliphatic carbocycles. The van der Waals surface area contributed by atoms with Crippen molar-refractivity contribution in [1.29, 1.82) is 0 Å². The van der Waals surface area contributed by atoms with Crippen LogP contribution >= 0.6 is 0 Å². The molecular weight excluding hydrogens is 276 g/mol. The van der Waals surface area contributed by atoms with E-state index in [1.54, 1.807) is 4.90 Å². The van der Waals surface area contributed by atoms with Crippen LogP contribution in [0.15, 0.2) is 42.5 Å². The van der Waals surface area contributed by atoms with Crippen LogP contribution in [0.1, 0.15) is 28.9 Å². The maximum atomic E-state index is 12.6. The Morgan fingerprint density at radius 1 is 1.14 bits per heavy atom. The van der Waals surface area contributed by atoms with Crippen LogP contribution in [-0.4, -0.2) is 40.1 Å². The standard InChI is InChI=1S/C18H20N2O2/c1-13-16(18(22)20-11-9-15(21)10-12-20)7-8-17(19-13)14-5-3-2-4-6-14/h2-8,15,21H,9-12H2,1H3. The second-order valence-electron chi connectivity index (χ2n) is 5.72. The molecule has 22 heavy (non-hydrogen) atoms. The van der Waals surface area contributed by atoms with E-state index < -0.39 is 0 Å². The lowest BCUT2D eigenvalue weighted by Gasteiger charge is -2.30. The summed E-state index contributed by atoms with van der Waals surface area (Å²) in [7, 11) is 0. The van der Waals surface area contributed by atoms with Crippen LogP contribution in [0.25, 0.3) is 11.3 Å². The molecule has 4 nitrogen and oxygen atoms in total. The van der Waals surface area contributed by atoms with E-state index in [9.17, 15) is 9.90 Å². The molecule has 4 heteroatoms. The summed E-state index contributed by atoms with van der Waals surface area (Å²) in [4.78, 5) is 19.0. The van der Waals surface area contributed by atoms with Gasteiger partial charge in [0.2, 0.25) is 0 Å². The zero-order valence-corrected chi connectivity index (χ0v) is 12.7. The minimum atomic E-state index is -0.274. The number of pyridine rings is 1. The SMILES string of the molecule is Cc1nc(-c2ccccc2)ccc1C(=O)N1CCC(O)CC1. The molecular formula is C18H20N2O2. The smallest absolute Gasteiger partial charge is 0.255 e. The number of aromatic nitrogens is 1. The summed E-state index contributed by atoms with van der Waals surface area (Å²) < 4.78 is 0. The van der Waals surface area contributed by atoms with Gasteiger partial charge < -0.3 is 10.0 Å². The Bertz CT molecular complexity index is 662. The first kappa shape index (κ1) is 14.7. The van der Waals surface area contributed by atoms with Gasteiger partial charge in [0.15, 0.2) is 0 Å². The molecule has 3 rings (SSSR count). The van der Waals surface area contributed by atoms with E-state index in [1.165, 1.54) is 0 Å². The molecule has 1 aliphatic heterocycles. The number of hydrogen-bond acceptors (Lipinski definition) is 3. The Hall–Kier alpha value is -2.20. The van der Waals surface area contributed by atoms with E-state index in [0.717, 1.165) is 17.0 Å². The van der Waals surface area contributed by atoms with E-state index in [2.05, 4.69) is 4.98 Å². The van der Waals surface area contributed by atoms with Gasteiger partial charge in [0, 0.05) is 18.7 Å². The average Bonchev–Trinajstić information content (AvgIpc) is 2.56. The van der Waals surface area contributed by atoms with Gasteiger partial charge in [-0.1, -0.05) is 30.3 Å². The highest BCUT2D eigenvalue weighted by Gasteiger charge is 2.23. The number of hydrogen-bond donors (Lipinski definition) is 1. The van der Waals surface area contributed by atoms with Crippen molar-refractivity contribution in [3.05, 3.63) is 53.7 Å². The summed E-state index contributed by atoms with van der Waals surface area (Å²) in [5.74, 6) is 0.0107. The van der Waals surface area contributed by atoms with Gasteiger partial charge in [-0.3, -0.25) is 9.78 Å². The van der Waals surface area contributed by atoms with Gasteiger partial charge >= 0.3 is 0 Å². The number of carbonyl (C=O) groups is 1. The lowest BCUT2D eigenvalue weighted by molar-refractivity contribution is 0.0545. The maximum Gasteiger partial charge on any atom is 0.255 e. The van der Waals surface area contributed by atoms with Crippen LogP contribution in [0.3, 0.4) is 0 Å². The molecule has 1 N–H and O–H groups in total. The Morgan fingerprint density at radius 2 is 1.82 bits per heavy atom. The summed E-state index contributed by atoms with van der Waals surface area (Å²) in [6.45, 7) is 3.10. The molecule has 1 saturated heterocycles. The fraction of sp³-hybridized carbons (Fsp3) is 0.333. The third-order valence-corrected chi connectivity index (χ3v) is 4.14. The molecule has 1 aliphatic rings. The third-order valence-electron chi connectivity index (χ3n) is 4.14. The molecule has 1 amide bonds. The number of rotatable bonds is 2. The summed E-state index contributed by atoms with van der Waals surface area (Å²) in [6.07, 6.45) is 1.03. The number of aliphatic hydroxyl groups is 1. The molecule has 2 aromatic rings. The van der Waals surface area contributed by atoms with E-state index in [4.69, 9.17) is 0 Å². The Kier molecular flexibility index (Phi) is 4.20. The van der Waals surface area contributed by atoms with Crippen molar-refractivity contribution in [2.24, 2.45) is 0 Å². The topological polar surface area (TPSA) is 53.4 Å². The van der Waals surface area contributed by atoms with Crippen LogP contribution < -0.4 is 0 Å². The highest BCUT2D eigenvalue weighted by molar-refractivity contribution is 5.95. The van der Waals surface area contributed by atoms with Crippen LogP contribution in [0.4, 0.5) is 0 Å². The van der Waals surface area contributed by atoms with Crippen molar-refractivity contribution in [2.45, 2.75) is 25.9 Å². The fourth-order valence-corrected chi connectivity index (χ4v) is 2.80. The third kappa shape index (κ3) is 3.02. The Morgan fingerprint density at radius 3 is 2.45 bits per heavy atom. The fourth-order valence-electron chi connectivity index (χ4n) is 2.80. The predicted octanol–water partition coefficient (Wildman–Crippen LogP) is 2.65. The first-order valence-electron chi connectivity index (χ1n) is 7.65. The number of nitrogens with zero attached hydrogens (tertiary/aromatic N) is 2. The molecule has 0 spiro atoms. The second kappa shape index (κ2) is 6.28. The van der Waals surface area contributed by atoms with Gasteiger partial charge in [-0.15, -0.1) is 0 Å². The molecule has 1 aromatic carbocycles. The molecule has 1 aromatic heterocycles. The number of benzene rings is 1. The highest BCUT2D eigenvalue weighted by atomic mass is 16.3. The van der Waals surface area contributed by atoms with Gasteiger partial charge in [-0.2, -0.15) is 0 Å². The lowest BCUT2D eigenvalue weighted by Crippen LogP contribution is -2.40. The van der Waals surface area contributed by atoms with Gasteiger partial charge in [0.25, 0.3) is 5.91 Å².